The van der Waals surface area contributed by atoms with Gasteiger partial charge < -0.3 is 10.0 Å². The predicted octanol–water partition coefficient (Wildman–Crippen LogP) is 3.36. The van der Waals surface area contributed by atoms with Crippen LogP contribution >= 0.6 is 11.6 Å². The zero-order valence-electron chi connectivity index (χ0n) is 15.4. The van der Waals surface area contributed by atoms with Crippen LogP contribution in [0.3, 0.4) is 0 Å². The maximum Gasteiger partial charge on any atom is 0.184 e. The van der Waals surface area contributed by atoms with Crippen LogP contribution in [0.2, 0.25) is 5.02 Å². The van der Waals surface area contributed by atoms with E-state index in [-0.39, 0.29) is 5.82 Å². The van der Waals surface area contributed by atoms with Crippen LogP contribution in [0.4, 0.5) is 10.2 Å². The first-order valence-electron chi connectivity index (χ1n) is 9.65. The second-order valence-corrected chi connectivity index (χ2v) is 8.24. The van der Waals surface area contributed by atoms with Gasteiger partial charge >= 0.3 is 0 Å². The molecule has 1 aliphatic carbocycles. The zero-order valence-corrected chi connectivity index (χ0v) is 16.1. The lowest BCUT2D eigenvalue weighted by Crippen LogP contribution is -2.43. The average molecular weight is 402 g/mol. The number of nitrogens with zero attached hydrogens (tertiary/aromatic N) is 5. The third kappa shape index (κ3) is 3.12. The fourth-order valence-corrected chi connectivity index (χ4v) is 4.24. The molecule has 3 heterocycles. The zero-order chi connectivity index (χ0) is 19.3. The lowest BCUT2D eigenvalue weighted by atomic mass is 9.84. The number of anilines is 1. The van der Waals surface area contributed by atoms with E-state index in [1.165, 1.54) is 25.0 Å². The molecule has 1 N–H and O–H groups in total. The van der Waals surface area contributed by atoms with E-state index in [0.29, 0.717) is 48.3 Å². The number of fused-ring (bicyclic) bond motifs is 1. The van der Waals surface area contributed by atoms with Crippen molar-refractivity contribution in [3.05, 3.63) is 52.8 Å². The Kier molecular flexibility index (Phi) is 4.25. The summed E-state index contributed by atoms with van der Waals surface area (Å²) in [4.78, 5) is 6.63. The Morgan fingerprint density at radius 3 is 2.54 bits per heavy atom. The van der Waals surface area contributed by atoms with Crippen molar-refractivity contribution in [3.63, 3.8) is 0 Å². The molecule has 2 aliphatic rings. The molecular formula is C20H21ClFN5O. The van der Waals surface area contributed by atoms with Crippen LogP contribution in [-0.2, 0) is 12.0 Å². The summed E-state index contributed by atoms with van der Waals surface area (Å²) in [5, 5.41) is 20.1. The standard InChI is InChI=1S/C20H21ClFN5O/c21-17-18(23-12-27-16(11-13-1-2-13)24-25-19(17)27)26-9-7-20(28,8-10-26)14-3-5-15(22)6-4-14/h3-6,12-13,28H,1-2,7-11H2. The summed E-state index contributed by atoms with van der Waals surface area (Å²) in [6.07, 6.45) is 6.18. The Balaban J connectivity index is 1.36. The van der Waals surface area contributed by atoms with Gasteiger partial charge in [-0.1, -0.05) is 23.7 Å². The Morgan fingerprint density at radius 2 is 1.86 bits per heavy atom. The fraction of sp³-hybridized carbons (Fsp3) is 0.450. The summed E-state index contributed by atoms with van der Waals surface area (Å²) in [5.41, 5.74) is 0.402. The SMILES string of the molecule is OC1(c2ccc(F)cc2)CCN(c2ncn3c(CC4CC4)nnc3c2Cl)CC1. The van der Waals surface area contributed by atoms with Crippen LogP contribution < -0.4 is 4.90 Å². The Bertz CT molecular complexity index is 1010. The molecule has 8 heteroatoms. The van der Waals surface area contributed by atoms with Crippen molar-refractivity contribution in [1.82, 2.24) is 19.6 Å². The van der Waals surface area contributed by atoms with Crippen molar-refractivity contribution in [2.45, 2.75) is 37.7 Å². The molecule has 3 aromatic rings. The van der Waals surface area contributed by atoms with Gasteiger partial charge in [-0.05, 0) is 49.3 Å². The van der Waals surface area contributed by atoms with E-state index < -0.39 is 5.60 Å². The predicted molar refractivity (Wildman–Crippen MR) is 104 cm³/mol. The first-order chi connectivity index (χ1) is 13.5. The molecule has 1 saturated carbocycles. The minimum Gasteiger partial charge on any atom is -0.385 e. The normalized spacial score (nSPS) is 19.3. The highest BCUT2D eigenvalue weighted by molar-refractivity contribution is 6.35. The van der Waals surface area contributed by atoms with E-state index in [0.717, 1.165) is 17.8 Å². The Labute approximate surface area is 167 Å². The minimum atomic E-state index is -0.965. The van der Waals surface area contributed by atoms with Gasteiger partial charge in [0.2, 0.25) is 0 Å². The Hall–Kier alpha value is -2.25. The highest BCUT2D eigenvalue weighted by atomic mass is 35.5. The maximum atomic E-state index is 13.2. The van der Waals surface area contributed by atoms with Gasteiger partial charge in [-0.3, -0.25) is 4.40 Å². The average Bonchev–Trinajstić information content (AvgIpc) is 3.42. The number of benzene rings is 1. The molecule has 0 bridgehead atoms. The monoisotopic (exact) mass is 401 g/mol. The molecule has 0 amide bonds. The van der Waals surface area contributed by atoms with Gasteiger partial charge in [0.15, 0.2) is 11.5 Å². The molecule has 1 saturated heterocycles. The van der Waals surface area contributed by atoms with Crippen LogP contribution in [0.5, 0.6) is 0 Å². The molecule has 0 atom stereocenters. The van der Waals surface area contributed by atoms with Crippen molar-refractivity contribution in [2.75, 3.05) is 18.0 Å². The van der Waals surface area contributed by atoms with Gasteiger partial charge in [-0.25, -0.2) is 9.37 Å². The van der Waals surface area contributed by atoms with Crippen LogP contribution in [0.1, 0.15) is 37.1 Å². The van der Waals surface area contributed by atoms with Crippen molar-refractivity contribution in [3.8, 4) is 0 Å². The smallest absolute Gasteiger partial charge is 0.184 e. The molecule has 5 rings (SSSR count). The number of piperidine rings is 1. The van der Waals surface area contributed by atoms with E-state index in [1.54, 1.807) is 18.5 Å². The van der Waals surface area contributed by atoms with Crippen molar-refractivity contribution >= 4 is 23.1 Å². The van der Waals surface area contributed by atoms with Crippen molar-refractivity contribution in [2.24, 2.45) is 5.92 Å². The quantitative estimate of drug-likeness (QED) is 0.726. The van der Waals surface area contributed by atoms with Crippen LogP contribution in [0.15, 0.2) is 30.6 Å². The van der Waals surface area contributed by atoms with Gasteiger partial charge in [-0.15, -0.1) is 10.2 Å². The summed E-state index contributed by atoms with van der Waals surface area (Å²) in [7, 11) is 0. The van der Waals surface area contributed by atoms with E-state index in [1.807, 2.05) is 4.40 Å². The number of aliphatic hydroxyl groups is 1. The summed E-state index contributed by atoms with van der Waals surface area (Å²) in [6.45, 7) is 1.19. The van der Waals surface area contributed by atoms with Crippen molar-refractivity contribution in [1.29, 1.82) is 0 Å². The van der Waals surface area contributed by atoms with E-state index in [9.17, 15) is 9.50 Å². The molecule has 0 unspecified atom stereocenters. The van der Waals surface area contributed by atoms with Gasteiger partial charge in [0, 0.05) is 19.5 Å². The van der Waals surface area contributed by atoms with Gasteiger partial charge in [0.05, 0.1) is 5.60 Å². The highest BCUT2D eigenvalue weighted by Crippen LogP contribution is 2.37. The van der Waals surface area contributed by atoms with Crippen LogP contribution in [0, 0.1) is 11.7 Å². The highest BCUT2D eigenvalue weighted by Gasteiger charge is 2.35. The van der Waals surface area contributed by atoms with E-state index in [2.05, 4.69) is 20.1 Å². The number of hydrogen-bond donors (Lipinski definition) is 1. The molecule has 2 aromatic heterocycles. The molecular weight excluding hydrogens is 381 g/mol. The molecule has 0 radical (unpaired) electrons. The van der Waals surface area contributed by atoms with Gasteiger partial charge in [0.1, 0.15) is 23.0 Å². The third-order valence-electron chi connectivity index (χ3n) is 5.89. The first-order valence-corrected chi connectivity index (χ1v) is 10.0. The second-order valence-electron chi connectivity index (χ2n) is 7.87. The molecule has 0 spiro atoms. The second kappa shape index (κ2) is 6.67. The molecule has 6 nitrogen and oxygen atoms in total. The summed E-state index contributed by atoms with van der Waals surface area (Å²) >= 11 is 6.61. The number of halogens is 2. The largest absolute Gasteiger partial charge is 0.385 e. The first kappa shape index (κ1) is 17.8. The maximum absolute atomic E-state index is 13.2. The van der Waals surface area contributed by atoms with Gasteiger partial charge in [-0.2, -0.15) is 0 Å². The third-order valence-corrected chi connectivity index (χ3v) is 6.23. The van der Waals surface area contributed by atoms with E-state index in [4.69, 9.17) is 11.6 Å². The van der Waals surface area contributed by atoms with E-state index >= 15 is 0 Å². The van der Waals surface area contributed by atoms with Crippen LogP contribution in [-0.4, -0.2) is 37.8 Å². The molecule has 28 heavy (non-hydrogen) atoms. The number of rotatable bonds is 4. The lowest BCUT2D eigenvalue weighted by Gasteiger charge is -2.39. The summed E-state index contributed by atoms with van der Waals surface area (Å²) in [6, 6.07) is 6.08. The lowest BCUT2D eigenvalue weighted by molar-refractivity contribution is 0.0116. The molecule has 1 aromatic carbocycles. The molecule has 1 aliphatic heterocycles. The fourth-order valence-electron chi connectivity index (χ4n) is 3.94. The number of aromatic nitrogens is 4. The van der Waals surface area contributed by atoms with Gasteiger partial charge in [0.25, 0.3) is 0 Å². The molecule has 2 fully saturated rings. The topological polar surface area (TPSA) is 66.5 Å². The summed E-state index contributed by atoms with van der Waals surface area (Å²) in [5.74, 6) is 1.98. The Morgan fingerprint density at radius 1 is 1.14 bits per heavy atom. The minimum absolute atomic E-state index is 0.302. The number of hydrogen-bond acceptors (Lipinski definition) is 5. The van der Waals surface area contributed by atoms with Crippen LogP contribution in [0.25, 0.3) is 5.65 Å². The molecule has 146 valence electrons. The summed E-state index contributed by atoms with van der Waals surface area (Å²) < 4.78 is 15.1. The van der Waals surface area contributed by atoms with Crippen molar-refractivity contribution < 1.29 is 9.50 Å².